The highest BCUT2D eigenvalue weighted by atomic mass is 19.1. The highest BCUT2D eigenvalue weighted by Gasteiger charge is 2.19. The van der Waals surface area contributed by atoms with Gasteiger partial charge in [0.15, 0.2) is 5.65 Å². The number of pyridine rings is 1. The average molecular weight is 444 g/mol. The lowest BCUT2D eigenvalue weighted by molar-refractivity contribution is -0.117. The molecule has 2 aromatic carbocycles. The van der Waals surface area contributed by atoms with Crippen LogP contribution in [0.5, 0.6) is 0 Å². The predicted molar refractivity (Wildman–Crippen MR) is 118 cm³/mol. The molecular weight excluding hydrogens is 427 g/mol. The molecule has 0 saturated heterocycles. The molecular formula is C23H17FN6O3. The van der Waals surface area contributed by atoms with E-state index in [1.165, 1.54) is 28.8 Å². The Balaban J connectivity index is 1.46. The van der Waals surface area contributed by atoms with Crippen LogP contribution in [0.25, 0.3) is 28.5 Å². The number of anilines is 1. The van der Waals surface area contributed by atoms with Crippen molar-refractivity contribution in [2.75, 3.05) is 5.32 Å². The Morgan fingerprint density at radius 3 is 2.67 bits per heavy atom. The van der Waals surface area contributed by atoms with Crippen molar-refractivity contribution >= 4 is 17.2 Å². The number of benzene rings is 2. The van der Waals surface area contributed by atoms with E-state index >= 15 is 0 Å². The molecule has 0 radical (unpaired) electrons. The summed E-state index contributed by atoms with van der Waals surface area (Å²) in [5.74, 6) is -0.579. The van der Waals surface area contributed by atoms with Gasteiger partial charge in [0, 0.05) is 11.8 Å². The van der Waals surface area contributed by atoms with Crippen LogP contribution in [0.2, 0.25) is 0 Å². The highest BCUT2D eigenvalue weighted by Crippen LogP contribution is 2.24. The smallest absolute Gasteiger partial charge is 0.333 e. The second kappa shape index (κ2) is 8.15. The molecule has 0 fully saturated rings. The molecule has 33 heavy (non-hydrogen) atoms. The van der Waals surface area contributed by atoms with Crippen LogP contribution < -0.4 is 11.0 Å². The molecule has 5 rings (SSSR count). The van der Waals surface area contributed by atoms with E-state index in [0.29, 0.717) is 11.4 Å². The zero-order valence-electron chi connectivity index (χ0n) is 17.4. The number of para-hydroxylation sites is 1. The maximum Gasteiger partial charge on any atom is 0.350 e. The zero-order chi connectivity index (χ0) is 22.9. The van der Waals surface area contributed by atoms with Crippen molar-refractivity contribution in [1.82, 2.24) is 24.3 Å². The molecule has 0 aliphatic rings. The molecule has 1 N–H and O–H groups in total. The fourth-order valence-corrected chi connectivity index (χ4v) is 3.35. The van der Waals surface area contributed by atoms with Gasteiger partial charge in [0.1, 0.15) is 12.4 Å². The van der Waals surface area contributed by atoms with E-state index in [-0.39, 0.29) is 17.2 Å². The van der Waals surface area contributed by atoms with Gasteiger partial charge in [-0.15, -0.1) is 5.10 Å². The van der Waals surface area contributed by atoms with Crippen LogP contribution in [-0.2, 0) is 11.3 Å². The Hall–Kier alpha value is -4.60. The van der Waals surface area contributed by atoms with E-state index in [9.17, 15) is 14.0 Å². The third kappa shape index (κ3) is 3.89. The number of carbonyl (C=O) groups is 1. The number of hydrogen-bond acceptors (Lipinski definition) is 6. The molecule has 0 unspecified atom stereocenters. The quantitative estimate of drug-likeness (QED) is 0.446. The van der Waals surface area contributed by atoms with Gasteiger partial charge in [-0.25, -0.2) is 18.3 Å². The first-order valence-electron chi connectivity index (χ1n) is 10.0. The summed E-state index contributed by atoms with van der Waals surface area (Å²) in [4.78, 5) is 29.6. The fraction of sp³-hybridized carbons (Fsp3) is 0.0870. The SMILES string of the molecule is Cc1ccc(-c2noc(-c3cccn4c(=O)n(CC(=O)Nc5ccccc5F)nc34)n2)cc1. The minimum Gasteiger partial charge on any atom is -0.333 e. The lowest BCUT2D eigenvalue weighted by Crippen LogP contribution is -2.28. The van der Waals surface area contributed by atoms with Crippen molar-refractivity contribution in [2.45, 2.75) is 13.5 Å². The van der Waals surface area contributed by atoms with Crippen LogP contribution in [0, 0.1) is 12.7 Å². The molecule has 10 heteroatoms. The molecule has 9 nitrogen and oxygen atoms in total. The minimum absolute atomic E-state index is 0.0227. The first-order valence-corrected chi connectivity index (χ1v) is 10.0. The Morgan fingerprint density at radius 2 is 1.88 bits per heavy atom. The lowest BCUT2D eigenvalue weighted by atomic mass is 10.1. The summed E-state index contributed by atoms with van der Waals surface area (Å²) in [5, 5.41) is 10.7. The summed E-state index contributed by atoms with van der Waals surface area (Å²) in [5.41, 5.74) is 2.07. The maximum atomic E-state index is 13.8. The Bertz CT molecular complexity index is 1530. The van der Waals surface area contributed by atoms with Gasteiger partial charge in [0.05, 0.1) is 11.3 Å². The number of fused-ring (bicyclic) bond motifs is 1. The second-order valence-corrected chi connectivity index (χ2v) is 7.37. The van der Waals surface area contributed by atoms with Gasteiger partial charge in [0.25, 0.3) is 5.89 Å². The van der Waals surface area contributed by atoms with Gasteiger partial charge in [0.2, 0.25) is 11.7 Å². The van der Waals surface area contributed by atoms with Crippen molar-refractivity contribution < 1.29 is 13.7 Å². The third-order valence-electron chi connectivity index (χ3n) is 5.02. The predicted octanol–water partition coefficient (Wildman–Crippen LogP) is 3.30. The van der Waals surface area contributed by atoms with Gasteiger partial charge < -0.3 is 9.84 Å². The van der Waals surface area contributed by atoms with E-state index in [1.54, 1.807) is 18.2 Å². The number of aromatic nitrogens is 5. The number of aryl methyl sites for hydroxylation is 1. The molecule has 0 aliphatic carbocycles. The van der Waals surface area contributed by atoms with Gasteiger partial charge in [-0.3, -0.25) is 4.79 Å². The van der Waals surface area contributed by atoms with Gasteiger partial charge in [-0.05, 0) is 31.2 Å². The molecule has 5 aromatic rings. The Kier molecular flexibility index (Phi) is 5.02. The number of halogens is 1. The maximum absolute atomic E-state index is 13.8. The summed E-state index contributed by atoms with van der Waals surface area (Å²) >= 11 is 0. The van der Waals surface area contributed by atoms with Crippen LogP contribution >= 0.6 is 0 Å². The summed E-state index contributed by atoms with van der Waals surface area (Å²) < 4.78 is 21.5. The third-order valence-corrected chi connectivity index (χ3v) is 5.02. The van der Waals surface area contributed by atoms with Crippen molar-refractivity contribution in [3.8, 4) is 22.8 Å². The van der Waals surface area contributed by atoms with Crippen LogP contribution in [0.3, 0.4) is 0 Å². The van der Waals surface area contributed by atoms with Gasteiger partial charge in [-0.2, -0.15) is 4.98 Å². The van der Waals surface area contributed by atoms with Crippen LogP contribution in [0.4, 0.5) is 10.1 Å². The molecule has 0 atom stereocenters. The van der Waals surface area contributed by atoms with E-state index in [1.807, 2.05) is 31.2 Å². The van der Waals surface area contributed by atoms with E-state index < -0.39 is 24.0 Å². The molecule has 0 spiro atoms. The number of hydrogen-bond donors (Lipinski definition) is 1. The largest absolute Gasteiger partial charge is 0.350 e. The van der Waals surface area contributed by atoms with Crippen LogP contribution in [-0.4, -0.2) is 30.2 Å². The van der Waals surface area contributed by atoms with Crippen molar-refractivity contribution in [1.29, 1.82) is 0 Å². The fourth-order valence-electron chi connectivity index (χ4n) is 3.35. The monoisotopic (exact) mass is 444 g/mol. The van der Waals surface area contributed by atoms with E-state index in [4.69, 9.17) is 4.52 Å². The summed E-state index contributed by atoms with van der Waals surface area (Å²) in [7, 11) is 0. The summed E-state index contributed by atoms with van der Waals surface area (Å²) in [6.45, 7) is 1.59. The van der Waals surface area contributed by atoms with E-state index in [2.05, 4.69) is 20.6 Å². The number of nitrogens with zero attached hydrogens (tertiary/aromatic N) is 5. The standard InChI is InChI=1S/C23H17FN6O3/c1-14-8-10-15(11-9-14)20-26-22(33-28-20)16-5-4-12-29-21(16)27-30(23(29)32)13-19(31)25-18-7-3-2-6-17(18)24/h2-12H,13H2,1H3,(H,25,31). The van der Waals surface area contributed by atoms with Gasteiger partial charge in [-0.1, -0.05) is 47.1 Å². The molecule has 164 valence electrons. The number of rotatable bonds is 5. The van der Waals surface area contributed by atoms with Crippen molar-refractivity contribution in [3.63, 3.8) is 0 Å². The highest BCUT2D eigenvalue weighted by molar-refractivity contribution is 5.90. The summed E-state index contributed by atoms with van der Waals surface area (Å²) in [6.07, 6.45) is 1.52. The molecule has 0 bridgehead atoms. The average Bonchev–Trinajstić information content (AvgIpc) is 3.41. The zero-order valence-corrected chi connectivity index (χ0v) is 17.4. The Morgan fingerprint density at radius 1 is 1.09 bits per heavy atom. The normalized spacial score (nSPS) is 11.1. The van der Waals surface area contributed by atoms with Crippen molar-refractivity contribution in [3.05, 3.63) is 88.7 Å². The van der Waals surface area contributed by atoms with Crippen molar-refractivity contribution in [2.24, 2.45) is 0 Å². The Labute approximate surface area is 186 Å². The first-order chi connectivity index (χ1) is 16.0. The van der Waals surface area contributed by atoms with E-state index in [0.717, 1.165) is 15.8 Å². The van der Waals surface area contributed by atoms with Crippen LogP contribution in [0.15, 0.2) is 76.2 Å². The summed E-state index contributed by atoms with van der Waals surface area (Å²) in [6, 6.07) is 16.8. The number of nitrogens with one attached hydrogen (secondary N) is 1. The molecule has 0 saturated carbocycles. The molecule has 3 aromatic heterocycles. The lowest BCUT2D eigenvalue weighted by Gasteiger charge is -2.05. The first kappa shape index (κ1) is 20.3. The second-order valence-electron chi connectivity index (χ2n) is 7.37. The molecule has 1 amide bonds. The molecule has 0 aliphatic heterocycles. The molecule has 3 heterocycles. The minimum atomic E-state index is -0.591. The van der Waals surface area contributed by atoms with Gasteiger partial charge >= 0.3 is 5.69 Å². The van der Waals surface area contributed by atoms with Crippen LogP contribution in [0.1, 0.15) is 5.56 Å². The number of amides is 1. The topological polar surface area (TPSA) is 107 Å². The number of carbonyl (C=O) groups excluding carboxylic acids is 1.